The van der Waals surface area contributed by atoms with Gasteiger partial charge in [-0.15, -0.1) is 0 Å². The van der Waals surface area contributed by atoms with Gasteiger partial charge in [-0.2, -0.15) is 0 Å². The van der Waals surface area contributed by atoms with Crippen LogP contribution < -0.4 is 0 Å². The first-order valence-electron chi connectivity index (χ1n) is 5.38. The summed E-state index contributed by atoms with van der Waals surface area (Å²) in [5, 5.41) is 1.84. The maximum Gasteiger partial charge on any atom is 0.00695 e. The Labute approximate surface area is 119 Å². The smallest absolute Gasteiger partial charge is 0.00695 e. The summed E-state index contributed by atoms with van der Waals surface area (Å²) >= 11 is 0. The van der Waals surface area contributed by atoms with Gasteiger partial charge >= 0.3 is 0 Å². The molecule has 10 unspecified atom stereocenters. The molecular weight excluding hydrogens is 444 g/mol. The van der Waals surface area contributed by atoms with Crippen molar-refractivity contribution in [1.29, 1.82) is 0 Å². The van der Waals surface area contributed by atoms with Gasteiger partial charge < -0.3 is 0 Å². The van der Waals surface area contributed by atoms with Crippen LogP contribution in [-0.4, -0.2) is 0 Å². The Morgan fingerprint density at radius 3 is 2.11 bits per heavy atom. The standard InChI is InChI=1S/C6H10P12/c1-2-4-6(5-3-1)12-17(14-9-10-14)18(12)16-11-15(16)13-7-8-13/h1-5,7-11H. The molecule has 0 spiro atoms. The van der Waals surface area contributed by atoms with Crippen molar-refractivity contribution >= 4 is 84.1 Å². The second-order valence-corrected chi connectivity index (χ2v) is 67.8. The minimum Gasteiger partial charge on any atom is -0.0844 e. The first-order chi connectivity index (χ1) is 8.93. The monoisotopic (exact) mass is 454 g/mol. The van der Waals surface area contributed by atoms with Crippen molar-refractivity contribution in [1.82, 2.24) is 0 Å². The molecule has 0 saturated heterocycles. The van der Waals surface area contributed by atoms with Gasteiger partial charge in [-0.1, -0.05) is 68.1 Å². The molecule has 0 amide bonds. The third-order valence-corrected chi connectivity index (χ3v) is 113. The summed E-state index contributed by atoms with van der Waals surface area (Å²) in [4.78, 5) is 0. The average molecular weight is 454 g/mol. The molecule has 0 nitrogen and oxygen atoms in total. The largest absolute Gasteiger partial charge is 0.0844 e. The molecule has 0 radical (unpaired) electrons. The minimum absolute atomic E-state index is 0.491. The van der Waals surface area contributed by atoms with E-state index in [1.165, 1.54) is 30.2 Å². The third kappa shape index (κ3) is 2.51. The van der Waals surface area contributed by atoms with Gasteiger partial charge in [-0.05, 0) is 46.3 Å². The molecule has 1 aromatic carbocycles. The zero-order valence-electron chi connectivity index (χ0n) is 9.02. The fraction of sp³-hybridized carbons (Fsp3) is 0. The summed E-state index contributed by atoms with van der Waals surface area (Å²) in [6, 6.07) is 11.8. The lowest BCUT2D eigenvalue weighted by Crippen LogP contribution is -1.56. The highest BCUT2D eigenvalue weighted by atomic mass is 33.3. The second-order valence-electron chi connectivity index (χ2n) is 3.91. The van der Waals surface area contributed by atoms with Crippen LogP contribution in [0.3, 0.4) is 0 Å². The van der Waals surface area contributed by atoms with Gasteiger partial charge in [0.25, 0.3) is 0 Å². The van der Waals surface area contributed by atoms with Crippen molar-refractivity contribution in [2.75, 3.05) is 0 Å². The molecule has 10 atom stereocenters. The molecule has 0 aliphatic carbocycles. The molecule has 0 aliphatic heterocycles. The van der Waals surface area contributed by atoms with Crippen LogP contribution in [0.5, 0.6) is 0 Å². The van der Waals surface area contributed by atoms with Crippen LogP contribution in [-0.2, 0) is 0 Å². The summed E-state index contributed by atoms with van der Waals surface area (Å²) in [6.07, 6.45) is 0. The quantitative estimate of drug-likeness (QED) is 0.254. The fourth-order valence-electron chi connectivity index (χ4n) is 1.74. The molecule has 18 heavy (non-hydrogen) atoms. The molecule has 4 aromatic heterocycles. The summed E-state index contributed by atoms with van der Waals surface area (Å²) in [5.74, 6) is 0. The van der Waals surface area contributed by atoms with Crippen molar-refractivity contribution in [3.05, 3.63) is 30.3 Å². The van der Waals surface area contributed by atoms with Crippen molar-refractivity contribution in [3.63, 3.8) is 0 Å². The number of hydrogen-bond donors (Lipinski definition) is 0. The highest BCUT2D eigenvalue weighted by Crippen LogP contribution is 3.19. The Bertz CT molecular complexity index is 811. The van der Waals surface area contributed by atoms with E-state index in [1.54, 1.807) is 7.55 Å². The molecule has 5 rings (SSSR count). The normalized spacial score (nSPS) is 21.7. The van der Waals surface area contributed by atoms with Crippen molar-refractivity contribution in [3.8, 4) is 5.30 Å². The zero-order chi connectivity index (χ0) is 11.7. The van der Waals surface area contributed by atoms with E-state index in [1.807, 2.05) is 5.30 Å². The van der Waals surface area contributed by atoms with Crippen LogP contribution in [0.25, 0.3) is 5.30 Å². The minimum atomic E-state index is 0.491. The second kappa shape index (κ2) is 5.18. The number of benzene rings is 1. The van der Waals surface area contributed by atoms with Gasteiger partial charge in [0, 0.05) is 5.30 Å². The Hall–Kier alpha value is 2.82. The van der Waals surface area contributed by atoms with E-state index >= 15 is 0 Å². The molecule has 0 saturated carbocycles. The van der Waals surface area contributed by atoms with Gasteiger partial charge in [0.15, 0.2) is 0 Å². The topological polar surface area (TPSA) is 0 Å². The molecule has 0 fully saturated rings. The lowest BCUT2D eigenvalue weighted by atomic mass is 10.4. The summed E-state index contributed by atoms with van der Waals surface area (Å²) in [6.45, 7) is 4.88. The van der Waals surface area contributed by atoms with Crippen LogP contribution in [0.1, 0.15) is 0 Å². The summed E-state index contributed by atoms with van der Waals surface area (Å²) in [5.41, 5.74) is 0. The Kier molecular flexibility index (Phi) is 3.82. The van der Waals surface area contributed by atoms with Gasteiger partial charge in [0.1, 0.15) is 0 Å². The number of hydrogen-bond acceptors (Lipinski definition) is 0. The summed E-state index contributed by atoms with van der Waals surface area (Å²) < 4.78 is 0. The fourth-order valence-corrected chi connectivity index (χ4v) is 219. The van der Waals surface area contributed by atoms with Crippen LogP contribution in [0.15, 0.2) is 30.3 Å². The molecule has 12 heteroatoms. The maximum atomic E-state index is 2.49. The van der Waals surface area contributed by atoms with Crippen LogP contribution in [0.4, 0.5) is 0 Å². The van der Waals surface area contributed by atoms with Gasteiger partial charge in [0.2, 0.25) is 0 Å². The van der Waals surface area contributed by atoms with Crippen LogP contribution >= 0.6 is 84.1 Å². The van der Waals surface area contributed by atoms with E-state index < -0.39 is 0 Å². The van der Waals surface area contributed by atoms with E-state index in [0.29, 0.717) is 26.6 Å². The van der Waals surface area contributed by atoms with E-state index in [-0.39, 0.29) is 0 Å². The van der Waals surface area contributed by atoms with E-state index in [2.05, 4.69) is 30.3 Å². The Morgan fingerprint density at radius 1 is 0.722 bits per heavy atom. The third-order valence-electron chi connectivity index (χ3n) is 2.74. The Morgan fingerprint density at radius 2 is 1.44 bits per heavy atom. The molecule has 4 heterocycles. The first kappa shape index (κ1) is 13.3. The zero-order valence-corrected chi connectivity index (χ0v) is 20.3. The summed E-state index contributed by atoms with van der Waals surface area (Å²) in [7, 11) is 7.59. The maximum absolute atomic E-state index is 2.49. The highest BCUT2D eigenvalue weighted by molar-refractivity contribution is 9.22. The molecule has 0 N–H and O–H groups in total. The van der Waals surface area contributed by atoms with Gasteiger partial charge in [0.05, 0.1) is 0 Å². The van der Waals surface area contributed by atoms with Crippen molar-refractivity contribution < 1.29 is 0 Å². The highest BCUT2D eigenvalue weighted by Gasteiger charge is 2.33. The first-order valence-corrected chi connectivity index (χ1v) is 31.8. The molecule has 5 aromatic rings. The van der Waals surface area contributed by atoms with Crippen molar-refractivity contribution in [2.24, 2.45) is 0 Å². The average Bonchev–Trinajstić information content (AvgIpc) is 3.21. The lowest BCUT2D eigenvalue weighted by molar-refractivity contribution is 1.77. The van der Waals surface area contributed by atoms with E-state index in [9.17, 15) is 0 Å². The lowest BCUT2D eigenvalue weighted by Gasteiger charge is -1.90. The molecular formula is C6H10P12. The molecule has 0 aliphatic rings. The van der Waals surface area contributed by atoms with Gasteiger partial charge in [-0.3, -0.25) is 0 Å². The van der Waals surface area contributed by atoms with Crippen LogP contribution in [0, 0.1) is 0 Å². The SMILES string of the molecule is c1ccc(-p2p(-p3[pH][pH]3)p2-p2[pH]p2-p2[pH][pH]2)cc1. The predicted molar refractivity (Wildman–Crippen MR) is 116 cm³/mol. The molecule has 94 valence electrons. The van der Waals surface area contributed by atoms with Crippen molar-refractivity contribution in [2.45, 2.75) is 0 Å². The van der Waals surface area contributed by atoms with Gasteiger partial charge in [-0.25, -0.2) is 0 Å². The molecule has 0 bridgehead atoms. The number of rotatable bonds is 4. The van der Waals surface area contributed by atoms with E-state index in [4.69, 9.17) is 0 Å². The van der Waals surface area contributed by atoms with Crippen LogP contribution in [0.2, 0.25) is 0 Å². The van der Waals surface area contributed by atoms with E-state index in [0.717, 1.165) is 19.7 Å². The Balaban J connectivity index is 1.61. The predicted octanol–water partition coefficient (Wildman–Crippen LogP) is 10.7.